The Morgan fingerprint density at radius 3 is 2.50 bits per heavy atom. The highest BCUT2D eigenvalue weighted by Crippen LogP contribution is 2.10. The molecule has 0 unspecified atom stereocenters. The molecule has 0 saturated heterocycles. The van der Waals surface area contributed by atoms with Crippen LogP contribution in [0.25, 0.3) is 0 Å². The van der Waals surface area contributed by atoms with Crippen LogP contribution >= 0.6 is 0 Å². The standard InChI is InChI=1S/C16H24/c1-3-4-5-6-7-8-9-13-16-14-11-10-12-15(16)2/h7-8,10-12,14H,3-6,9,13H2,1-2H3/b8-7+. The Hall–Kier alpha value is -1.04. The van der Waals surface area contributed by atoms with Crippen LogP contribution in [0.1, 0.15) is 50.2 Å². The number of hydrogen-bond donors (Lipinski definition) is 0. The third-order valence-electron chi connectivity index (χ3n) is 2.98. The average molecular weight is 216 g/mol. The van der Waals surface area contributed by atoms with E-state index in [0.29, 0.717) is 0 Å². The van der Waals surface area contributed by atoms with Crippen LogP contribution in [0.15, 0.2) is 36.4 Å². The Bertz CT molecular complexity index is 310. The summed E-state index contributed by atoms with van der Waals surface area (Å²) in [4.78, 5) is 0. The van der Waals surface area contributed by atoms with E-state index in [-0.39, 0.29) is 0 Å². The Morgan fingerprint density at radius 2 is 1.75 bits per heavy atom. The van der Waals surface area contributed by atoms with Crippen LogP contribution in [0.4, 0.5) is 0 Å². The molecule has 0 radical (unpaired) electrons. The molecule has 0 heteroatoms. The lowest BCUT2D eigenvalue weighted by Crippen LogP contribution is -1.87. The average Bonchev–Trinajstić information content (AvgIpc) is 2.30. The summed E-state index contributed by atoms with van der Waals surface area (Å²) in [6.45, 7) is 4.45. The van der Waals surface area contributed by atoms with Crippen LogP contribution in [-0.2, 0) is 6.42 Å². The first kappa shape index (κ1) is 13.0. The van der Waals surface area contributed by atoms with E-state index in [1.165, 1.54) is 49.7 Å². The van der Waals surface area contributed by atoms with Crippen LogP contribution in [-0.4, -0.2) is 0 Å². The first-order valence-corrected chi connectivity index (χ1v) is 6.54. The molecule has 16 heavy (non-hydrogen) atoms. The van der Waals surface area contributed by atoms with E-state index < -0.39 is 0 Å². The second-order valence-electron chi connectivity index (χ2n) is 4.43. The minimum absolute atomic E-state index is 1.18. The quantitative estimate of drug-likeness (QED) is 0.441. The predicted molar refractivity (Wildman–Crippen MR) is 72.8 cm³/mol. The van der Waals surface area contributed by atoms with Crippen molar-refractivity contribution < 1.29 is 0 Å². The molecule has 1 aromatic rings. The highest BCUT2D eigenvalue weighted by Gasteiger charge is 1.94. The van der Waals surface area contributed by atoms with Crippen molar-refractivity contribution in [1.82, 2.24) is 0 Å². The molecule has 0 spiro atoms. The van der Waals surface area contributed by atoms with Crippen molar-refractivity contribution in [2.24, 2.45) is 0 Å². The monoisotopic (exact) mass is 216 g/mol. The van der Waals surface area contributed by atoms with E-state index in [0.717, 1.165) is 0 Å². The third-order valence-corrected chi connectivity index (χ3v) is 2.98. The molecule has 0 amide bonds. The molecule has 0 heterocycles. The summed E-state index contributed by atoms with van der Waals surface area (Å²) in [5.74, 6) is 0. The Morgan fingerprint density at radius 1 is 1.00 bits per heavy atom. The highest BCUT2D eigenvalue weighted by molar-refractivity contribution is 5.25. The summed E-state index contributed by atoms with van der Waals surface area (Å²) in [6, 6.07) is 8.67. The largest absolute Gasteiger partial charge is 0.0885 e. The maximum absolute atomic E-state index is 2.34. The van der Waals surface area contributed by atoms with E-state index >= 15 is 0 Å². The molecule has 0 aliphatic carbocycles. The molecule has 0 atom stereocenters. The number of hydrogen-bond acceptors (Lipinski definition) is 0. The van der Waals surface area contributed by atoms with Gasteiger partial charge in [0.2, 0.25) is 0 Å². The Balaban J connectivity index is 2.18. The van der Waals surface area contributed by atoms with E-state index in [1.807, 2.05) is 0 Å². The summed E-state index contributed by atoms with van der Waals surface area (Å²) in [7, 11) is 0. The third kappa shape index (κ3) is 5.16. The van der Waals surface area contributed by atoms with Gasteiger partial charge in [-0.2, -0.15) is 0 Å². The number of allylic oxidation sites excluding steroid dienone is 2. The smallest absolute Gasteiger partial charge is 0.0242 e. The second-order valence-corrected chi connectivity index (χ2v) is 4.43. The summed E-state index contributed by atoms with van der Waals surface area (Å²) >= 11 is 0. The van der Waals surface area contributed by atoms with E-state index in [9.17, 15) is 0 Å². The SMILES string of the molecule is CCCCC/C=C/CCc1ccccc1C. The Kier molecular flexibility index (Phi) is 6.64. The minimum atomic E-state index is 1.18. The van der Waals surface area contributed by atoms with Crippen molar-refractivity contribution in [3.05, 3.63) is 47.5 Å². The summed E-state index contributed by atoms with van der Waals surface area (Å²) in [6.07, 6.45) is 12.3. The Labute approximate surface area is 100 Å². The normalized spacial score (nSPS) is 11.1. The molecule has 1 aromatic carbocycles. The topological polar surface area (TPSA) is 0 Å². The number of unbranched alkanes of at least 4 members (excludes halogenated alkanes) is 3. The van der Waals surface area contributed by atoms with E-state index in [4.69, 9.17) is 0 Å². The summed E-state index contributed by atoms with van der Waals surface area (Å²) in [5.41, 5.74) is 2.91. The van der Waals surface area contributed by atoms with Crippen LogP contribution in [0.5, 0.6) is 0 Å². The van der Waals surface area contributed by atoms with Crippen molar-refractivity contribution in [2.75, 3.05) is 0 Å². The van der Waals surface area contributed by atoms with Gasteiger partial charge in [0.05, 0.1) is 0 Å². The highest BCUT2D eigenvalue weighted by atomic mass is 14.0. The van der Waals surface area contributed by atoms with Crippen LogP contribution < -0.4 is 0 Å². The number of benzene rings is 1. The van der Waals surface area contributed by atoms with Gasteiger partial charge in [0.25, 0.3) is 0 Å². The zero-order chi connectivity index (χ0) is 11.6. The number of rotatable bonds is 7. The lowest BCUT2D eigenvalue weighted by Gasteiger charge is -2.02. The maximum atomic E-state index is 2.34. The van der Waals surface area contributed by atoms with Gasteiger partial charge in [-0.1, -0.05) is 56.2 Å². The molecule has 0 nitrogen and oxygen atoms in total. The minimum Gasteiger partial charge on any atom is -0.0885 e. The van der Waals surface area contributed by atoms with Crippen molar-refractivity contribution in [1.29, 1.82) is 0 Å². The van der Waals surface area contributed by atoms with Gasteiger partial charge in [-0.3, -0.25) is 0 Å². The van der Waals surface area contributed by atoms with Gasteiger partial charge in [0.15, 0.2) is 0 Å². The van der Waals surface area contributed by atoms with Gasteiger partial charge in [0.1, 0.15) is 0 Å². The zero-order valence-electron chi connectivity index (χ0n) is 10.7. The van der Waals surface area contributed by atoms with E-state index in [1.54, 1.807) is 0 Å². The molecule has 88 valence electrons. The van der Waals surface area contributed by atoms with Crippen molar-refractivity contribution >= 4 is 0 Å². The fraction of sp³-hybridized carbons (Fsp3) is 0.500. The molecule has 0 aliphatic rings. The van der Waals surface area contributed by atoms with Crippen LogP contribution in [0, 0.1) is 6.92 Å². The molecular formula is C16H24. The van der Waals surface area contributed by atoms with Gasteiger partial charge in [0, 0.05) is 0 Å². The van der Waals surface area contributed by atoms with Crippen molar-refractivity contribution in [2.45, 2.75) is 52.4 Å². The first-order chi connectivity index (χ1) is 7.84. The fourth-order valence-corrected chi connectivity index (χ4v) is 1.88. The van der Waals surface area contributed by atoms with Gasteiger partial charge < -0.3 is 0 Å². The fourth-order valence-electron chi connectivity index (χ4n) is 1.88. The summed E-state index contributed by atoms with van der Waals surface area (Å²) in [5, 5.41) is 0. The molecular weight excluding hydrogens is 192 g/mol. The van der Waals surface area contributed by atoms with Crippen molar-refractivity contribution in [3.8, 4) is 0 Å². The molecule has 0 bridgehead atoms. The van der Waals surface area contributed by atoms with E-state index in [2.05, 4.69) is 50.3 Å². The molecule has 0 aliphatic heterocycles. The molecule has 0 saturated carbocycles. The maximum Gasteiger partial charge on any atom is -0.0242 e. The molecule has 0 N–H and O–H groups in total. The van der Waals surface area contributed by atoms with Crippen molar-refractivity contribution in [3.63, 3.8) is 0 Å². The van der Waals surface area contributed by atoms with Gasteiger partial charge in [-0.15, -0.1) is 0 Å². The second kappa shape index (κ2) is 8.15. The summed E-state index contributed by atoms with van der Waals surface area (Å²) < 4.78 is 0. The van der Waals surface area contributed by atoms with Gasteiger partial charge in [-0.25, -0.2) is 0 Å². The van der Waals surface area contributed by atoms with Gasteiger partial charge >= 0.3 is 0 Å². The van der Waals surface area contributed by atoms with Crippen LogP contribution in [0.2, 0.25) is 0 Å². The zero-order valence-corrected chi connectivity index (χ0v) is 10.7. The molecule has 0 aromatic heterocycles. The predicted octanol–water partition coefficient (Wildman–Crippen LogP) is 5.06. The lowest BCUT2D eigenvalue weighted by molar-refractivity contribution is 0.728. The van der Waals surface area contributed by atoms with Gasteiger partial charge in [-0.05, 0) is 43.7 Å². The number of aryl methyl sites for hydroxylation is 2. The molecule has 1 rings (SSSR count). The lowest BCUT2D eigenvalue weighted by atomic mass is 10.0. The van der Waals surface area contributed by atoms with Crippen LogP contribution in [0.3, 0.4) is 0 Å². The first-order valence-electron chi connectivity index (χ1n) is 6.54. The molecule has 0 fully saturated rings.